The van der Waals surface area contributed by atoms with Crippen LogP contribution in [0.5, 0.6) is 5.75 Å². The van der Waals surface area contributed by atoms with Gasteiger partial charge in [0, 0.05) is 11.3 Å². The number of nitrogens with zero attached hydrogens (tertiary/aromatic N) is 2. The van der Waals surface area contributed by atoms with Crippen LogP contribution in [0.25, 0.3) is 22.8 Å². The van der Waals surface area contributed by atoms with Gasteiger partial charge < -0.3 is 15.0 Å². The lowest BCUT2D eigenvalue weighted by Crippen LogP contribution is -1.94. The highest BCUT2D eigenvalue weighted by atomic mass is 16.5. The summed E-state index contributed by atoms with van der Waals surface area (Å²) in [6.45, 7) is 4.45. The summed E-state index contributed by atoms with van der Waals surface area (Å²) in [6, 6.07) is 13.3. The van der Waals surface area contributed by atoms with E-state index >= 15 is 0 Å². The fraction of sp³-hybridized carbons (Fsp3) is 0.176. The smallest absolute Gasteiger partial charge is 0.262 e. The number of rotatable bonds is 4. The number of nitrogens with two attached hydrogens (primary N) is 1. The lowest BCUT2D eigenvalue weighted by atomic mass is 10.1. The zero-order chi connectivity index (χ0) is 15.5. The maximum Gasteiger partial charge on any atom is 0.262 e. The second kappa shape index (κ2) is 5.89. The van der Waals surface area contributed by atoms with E-state index in [-0.39, 0.29) is 0 Å². The Morgan fingerprint density at radius 2 is 1.86 bits per heavy atom. The Balaban J connectivity index is 2.03. The van der Waals surface area contributed by atoms with Crippen LogP contribution in [0.2, 0.25) is 0 Å². The molecule has 3 aromatic rings. The quantitative estimate of drug-likeness (QED) is 0.743. The minimum Gasteiger partial charge on any atom is -0.493 e. The third kappa shape index (κ3) is 2.53. The van der Waals surface area contributed by atoms with Crippen molar-refractivity contribution in [2.75, 3.05) is 12.3 Å². The van der Waals surface area contributed by atoms with Crippen molar-refractivity contribution in [1.29, 1.82) is 0 Å². The van der Waals surface area contributed by atoms with Crippen molar-refractivity contribution in [3.8, 4) is 28.6 Å². The highest BCUT2D eigenvalue weighted by molar-refractivity contribution is 5.70. The van der Waals surface area contributed by atoms with Crippen LogP contribution in [0.1, 0.15) is 12.5 Å². The first-order chi connectivity index (χ1) is 10.7. The third-order valence-electron chi connectivity index (χ3n) is 3.46. The van der Waals surface area contributed by atoms with Crippen LogP contribution in [0.15, 0.2) is 47.0 Å². The topological polar surface area (TPSA) is 74.2 Å². The summed E-state index contributed by atoms with van der Waals surface area (Å²) >= 11 is 0. The normalized spacial score (nSPS) is 10.6. The van der Waals surface area contributed by atoms with E-state index in [4.69, 9.17) is 15.0 Å². The molecule has 0 aliphatic rings. The third-order valence-corrected chi connectivity index (χ3v) is 3.46. The van der Waals surface area contributed by atoms with E-state index in [1.165, 1.54) is 0 Å². The minimum atomic E-state index is 0.431. The molecule has 0 aliphatic heterocycles. The lowest BCUT2D eigenvalue weighted by molar-refractivity contribution is 0.339. The summed E-state index contributed by atoms with van der Waals surface area (Å²) in [6.07, 6.45) is 0. The molecule has 5 nitrogen and oxygen atoms in total. The van der Waals surface area contributed by atoms with Crippen molar-refractivity contribution in [1.82, 2.24) is 10.1 Å². The van der Waals surface area contributed by atoms with Gasteiger partial charge in [0.25, 0.3) is 5.89 Å². The molecule has 5 heteroatoms. The number of nitrogen functional groups attached to an aromatic ring is 1. The van der Waals surface area contributed by atoms with Gasteiger partial charge in [0.2, 0.25) is 5.82 Å². The SMILES string of the molecule is CCOc1ccccc1-c1nc(-c2cccc(N)c2C)no1. The Morgan fingerprint density at radius 1 is 1.09 bits per heavy atom. The second-order valence-corrected chi connectivity index (χ2v) is 4.87. The van der Waals surface area contributed by atoms with Crippen molar-refractivity contribution in [3.05, 3.63) is 48.0 Å². The highest BCUT2D eigenvalue weighted by Crippen LogP contribution is 2.31. The molecular formula is C17H17N3O2. The van der Waals surface area contributed by atoms with Gasteiger partial charge in [-0.15, -0.1) is 0 Å². The van der Waals surface area contributed by atoms with Crippen molar-refractivity contribution in [3.63, 3.8) is 0 Å². The molecule has 0 saturated carbocycles. The lowest BCUT2D eigenvalue weighted by Gasteiger charge is -2.06. The summed E-state index contributed by atoms with van der Waals surface area (Å²) in [4.78, 5) is 4.48. The van der Waals surface area contributed by atoms with E-state index in [2.05, 4.69) is 10.1 Å². The van der Waals surface area contributed by atoms with Gasteiger partial charge >= 0.3 is 0 Å². The Hall–Kier alpha value is -2.82. The minimum absolute atomic E-state index is 0.431. The van der Waals surface area contributed by atoms with Crippen LogP contribution in [-0.4, -0.2) is 16.7 Å². The number of anilines is 1. The Labute approximate surface area is 128 Å². The number of ether oxygens (including phenoxy) is 1. The monoisotopic (exact) mass is 295 g/mol. The van der Waals surface area contributed by atoms with Gasteiger partial charge in [-0.05, 0) is 37.6 Å². The van der Waals surface area contributed by atoms with Crippen LogP contribution < -0.4 is 10.5 Å². The molecule has 0 saturated heterocycles. The van der Waals surface area contributed by atoms with Gasteiger partial charge in [0.05, 0.1) is 12.2 Å². The first-order valence-electron chi connectivity index (χ1n) is 7.12. The zero-order valence-corrected chi connectivity index (χ0v) is 12.5. The Kier molecular flexibility index (Phi) is 3.78. The van der Waals surface area contributed by atoms with Crippen LogP contribution in [-0.2, 0) is 0 Å². The van der Waals surface area contributed by atoms with Gasteiger partial charge in [-0.3, -0.25) is 0 Å². The average Bonchev–Trinajstić information content (AvgIpc) is 3.00. The molecule has 1 aromatic heterocycles. The molecule has 3 rings (SSSR count). The van der Waals surface area contributed by atoms with Crippen LogP contribution >= 0.6 is 0 Å². The molecule has 2 aromatic carbocycles. The maximum absolute atomic E-state index is 5.93. The number of aromatic nitrogens is 2. The van der Waals surface area contributed by atoms with Crippen LogP contribution in [0.3, 0.4) is 0 Å². The summed E-state index contributed by atoms with van der Waals surface area (Å²) in [5, 5.41) is 4.07. The fourth-order valence-electron chi connectivity index (χ4n) is 2.26. The van der Waals surface area contributed by atoms with E-state index in [1.807, 2.05) is 56.3 Å². The number of hydrogen-bond acceptors (Lipinski definition) is 5. The van der Waals surface area contributed by atoms with E-state index in [0.717, 1.165) is 22.4 Å². The van der Waals surface area contributed by atoms with E-state index < -0.39 is 0 Å². The summed E-state index contributed by atoms with van der Waals surface area (Å²) in [5.41, 5.74) is 9.23. The average molecular weight is 295 g/mol. The molecule has 22 heavy (non-hydrogen) atoms. The van der Waals surface area contributed by atoms with Gasteiger partial charge in [-0.25, -0.2) is 0 Å². The molecule has 0 aliphatic carbocycles. The first-order valence-corrected chi connectivity index (χ1v) is 7.12. The Morgan fingerprint density at radius 3 is 2.68 bits per heavy atom. The Bertz CT molecular complexity index is 796. The maximum atomic E-state index is 5.93. The summed E-state index contributed by atoms with van der Waals surface area (Å²) in [5.74, 6) is 1.68. The molecule has 112 valence electrons. The van der Waals surface area contributed by atoms with Crippen molar-refractivity contribution in [2.45, 2.75) is 13.8 Å². The van der Waals surface area contributed by atoms with Crippen molar-refractivity contribution < 1.29 is 9.26 Å². The van der Waals surface area contributed by atoms with Gasteiger partial charge in [0.1, 0.15) is 5.75 Å². The highest BCUT2D eigenvalue weighted by Gasteiger charge is 2.16. The van der Waals surface area contributed by atoms with Gasteiger partial charge in [-0.2, -0.15) is 4.98 Å². The molecule has 0 radical (unpaired) electrons. The number of hydrogen-bond donors (Lipinski definition) is 1. The summed E-state index contributed by atoms with van der Waals surface area (Å²) < 4.78 is 11.0. The van der Waals surface area contributed by atoms with Gasteiger partial charge in [-0.1, -0.05) is 29.4 Å². The first kappa shape index (κ1) is 14.1. The summed E-state index contributed by atoms with van der Waals surface area (Å²) in [7, 11) is 0. The molecule has 0 amide bonds. The van der Waals surface area contributed by atoms with Crippen molar-refractivity contribution in [2.24, 2.45) is 0 Å². The fourth-order valence-corrected chi connectivity index (χ4v) is 2.26. The number of para-hydroxylation sites is 1. The molecular weight excluding hydrogens is 278 g/mol. The molecule has 0 unspecified atom stereocenters. The zero-order valence-electron chi connectivity index (χ0n) is 12.5. The molecule has 0 bridgehead atoms. The van der Waals surface area contributed by atoms with Crippen molar-refractivity contribution >= 4 is 5.69 Å². The second-order valence-electron chi connectivity index (χ2n) is 4.87. The number of benzene rings is 2. The predicted molar refractivity (Wildman–Crippen MR) is 85.5 cm³/mol. The van der Waals surface area contributed by atoms with Crippen LogP contribution in [0.4, 0.5) is 5.69 Å². The molecule has 0 fully saturated rings. The molecule has 1 heterocycles. The molecule has 0 spiro atoms. The van der Waals surface area contributed by atoms with E-state index in [0.29, 0.717) is 24.0 Å². The standard InChI is InChI=1S/C17H17N3O2/c1-3-21-15-10-5-4-7-13(15)17-19-16(20-22-17)12-8-6-9-14(18)11(12)2/h4-10H,3,18H2,1-2H3. The van der Waals surface area contributed by atoms with Gasteiger partial charge in [0.15, 0.2) is 0 Å². The van der Waals surface area contributed by atoms with Crippen LogP contribution in [0, 0.1) is 6.92 Å². The largest absolute Gasteiger partial charge is 0.493 e. The molecule has 2 N–H and O–H groups in total. The molecule has 0 atom stereocenters. The van der Waals surface area contributed by atoms with E-state index in [1.54, 1.807) is 0 Å². The van der Waals surface area contributed by atoms with E-state index in [9.17, 15) is 0 Å². The predicted octanol–water partition coefficient (Wildman–Crippen LogP) is 3.69.